The summed E-state index contributed by atoms with van der Waals surface area (Å²) in [4.78, 5) is 11.2. The Kier molecular flexibility index (Phi) is 2.96. The predicted molar refractivity (Wildman–Crippen MR) is 64.6 cm³/mol. The highest BCUT2D eigenvalue weighted by Crippen LogP contribution is 2.38. The Bertz CT molecular complexity index is 440. The number of fused-ring (bicyclic) bond motifs is 1. The van der Waals surface area contributed by atoms with Gasteiger partial charge in [0.05, 0.1) is 0 Å². The number of nitrogens with one attached hydrogen (secondary N) is 1. The van der Waals surface area contributed by atoms with Gasteiger partial charge in [0.1, 0.15) is 17.1 Å². The number of ether oxygens (including phenoxy) is 2. The third-order valence-electron chi connectivity index (χ3n) is 2.86. The molecule has 1 aliphatic rings. The zero-order valence-electron chi connectivity index (χ0n) is 10.4. The minimum Gasteiger partial charge on any atom is -0.487 e. The van der Waals surface area contributed by atoms with Crippen molar-refractivity contribution in [3.63, 3.8) is 0 Å². The van der Waals surface area contributed by atoms with Gasteiger partial charge in [0.15, 0.2) is 0 Å². The van der Waals surface area contributed by atoms with E-state index in [0.717, 1.165) is 24.2 Å². The van der Waals surface area contributed by atoms with E-state index in [2.05, 4.69) is 19.2 Å². The summed E-state index contributed by atoms with van der Waals surface area (Å²) in [6.07, 6.45) is 1.31. The van der Waals surface area contributed by atoms with E-state index in [0.29, 0.717) is 5.75 Å². The molecular weight excluding hydrogens is 218 g/mol. The van der Waals surface area contributed by atoms with Gasteiger partial charge in [-0.1, -0.05) is 6.07 Å². The predicted octanol–water partition coefficient (Wildman–Crippen LogP) is 2.51. The van der Waals surface area contributed by atoms with Crippen LogP contribution in [0.1, 0.15) is 25.8 Å². The van der Waals surface area contributed by atoms with Gasteiger partial charge in [-0.3, -0.25) is 0 Å². The van der Waals surface area contributed by atoms with Crippen molar-refractivity contribution in [2.45, 2.75) is 32.3 Å². The van der Waals surface area contributed by atoms with Crippen LogP contribution in [0.4, 0.5) is 4.79 Å². The van der Waals surface area contributed by atoms with Crippen LogP contribution < -0.4 is 14.8 Å². The maximum absolute atomic E-state index is 11.2. The lowest BCUT2D eigenvalue weighted by atomic mass is 9.94. The smallest absolute Gasteiger partial charge is 0.412 e. The fourth-order valence-electron chi connectivity index (χ4n) is 1.91. The van der Waals surface area contributed by atoms with Gasteiger partial charge in [0, 0.05) is 12.6 Å². The Morgan fingerprint density at radius 1 is 1.47 bits per heavy atom. The number of amides is 1. The Morgan fingerprint density at radius 3 is 2.94 bits per heavy atom. The van der Waals surface area contributed by atoms with Gasteiger partial charge in [0.25, 0.3) is 0 Å². The molecule has 0 fully saturated rings. The molecule has 1 aromatic carbocycles. The van der Waals surface area contributed by atoms with Crippen LogP contribution in [-0.4, -0.2) is 18.7 Å². The number of carbonyl (C=O) groups excluding carboxylic acids is 1. The molecule has 1 aromatic rings. The lowest BCUT2D eigenvalue weighted by molar-refractivity contribution is 0.0837. The molecule has 1 heterocycles. The molecule has 0 saturated heterocycles. The first kappa shape index (κ1) is 11.8. The van der Waals surface area contributed by atoms with E-state index in [4.69, 9.17) is 9.47 Å². The van der Waals surface area contributed by atoms with Crippen molar-refractivity contribution >= 4 is 6.09 Å². The average molecular weight is 235 g/mol. The summed E-state index contributed by atoms with van der Waals surface area (Å²) in [5.41, 5.74) is 0.814. The summed E-state index contributed by atoms with van der Waals surface area (Å²) in [6.45, 7) is 4.12. The molecule has 4 nitrogen and oxygen atoms in total. The highest BCUT2D eigenvalue weighted by molar-refractivity contribution is 5.71. The Labute approximate surface area is 101 Å². The molecule has 0 atom stereocenters. The van der Waals surface area contributed by atoms with Crippen LogP contribution in [0, 0.1) is 0 Å². The van der Waals surface area contributed by atoms with E-state index in [-0.39, 0.29) is 5.60 Å². The number of rotatable bonds is 1. The van der Waals surface area contributed by atoms with Crippen LogP contribution in [-0.2, 0) is 6.42 Å². The molecule has 1 aliphatic heterocycles. The largest absolute Gasteiger partial charge is 0.487 e. The molecule has 17 heavy (non-hydrogen) atoms. The molecule has 0 aliphatic carbocycles. The zero-order chi connectivity index (χ0) is 12.5. The molecule has 92 valence electrons. The molecule has 0 radical (unpaired) electrons. The van der Waals surface area contributed by atoms with Crippen LogP contribution >= 0.6 is 0 Å². The topological polar surface area (TPSA) is 47.6 Å². The highest BCUT2D eigenvalue weighted by atomic mass is 16.6. The van der Waals surface area contributed by atoms with Crippen molar-refractivity contribution in [3.05, 3.63) is 23.8 Å². The van der Waals surface area contributed by atoms with Crippen LogP contribution in [0.3, 0.4) is 0 Å². The molecule has 0 unspecified atom stereocenters. The monoisotopic (exact) mass is 235 g/mol. The summed E-state index contributed by atoms with van der Waals surface area (Å²) in [5.74, 6) is 1.39. The van der Waals surface area contributed by atoms with Crippen LogP contribution in [0.25, 0.3) is 0 Å². The van der Waals surface area contributed by atoms with Crippen molar-refractivity contribution in [2.24, 2.45) is 0 Å². The molecule has 0 saturated carbocycles. The van der Waals surface area contributed by atoms with Crippen LogP contribution in [0.5, 0.6) is 11.5 Å². The van der Waals surface area contributed by atoms with E-state index in [9.17, 15) is 4.79 Å². The quantitative estimate of drug-likeness (QED) is 0.813. The van der Waals surface area contributed by atoms with Gasteiger partial charge in [-0.15, -0.1) is 0 Å². The maximum Gasteiger partial charge on any atom is 0.412 e. The van der Waals surface area contributed by atoms with E-state index in [1.165, 1.54) is 7.05 Å². The molecule has 4 heteroatoms. The summed E-state index contributed by atoms with van der Waals surface area (Å²) < 4.78 is 11.1. The normalized spacial score (nSPS) is 16.6. The third kappa shape index (κ3) is 2.52. The maximum atomic E-state index is 11.2. The standard InChI is InChI=1S/C13H17NO3/c1-13(2)8-7-9-10(16-12(15)14-3)5-4-6-11(9)17-13/h4-6H,7-8H2,1-3H3,(H,14,15). The first-order valence-corrected chi connectivity index (χ1v) is 5.72. The average Bonchev–Trinajstić information content (AvgIpc) is 2.27. The van der Waals surface area contributed by atoms with Gasteiger partial charge in [-0.2, -0.15) is 0 Å². The van der Waals surface area contributed by atoms with Gasteiger partial charge >= 0.3 is 6.09 Å². The van der Waals surface area contributed by atoms with E-state index >= 15 is 0 Å². The zero-order valence-corrected chi connectivity index (χ0v) is 10.4. The molecule has 0 aromatic heterocycles. The first-order valence-electron chi connectivity index (χ1n) is 5.72. The fraction of sp³-hybridized carbons (Fsp3) is 0.462. The summed E-state index contributed by atoms with van der Waals surface area (Å²) >= 11 is 0. The van der Waals surface area contributed by atoms with E-state index in [1.807, 2.05) is 12.1 Å². The van der Waals surface area contributed by atoms with Crippen molar-refractivity contribution in [3.8, 4) is 11.5 Å². The molecule has 2 rings (SSSR count). The van der Waals surface area contributed by atoms with Gasteiger partial charge < -0.3 is 14.8 Å². The number of benzene rings is 1. The Balaban J connectivity index is 2.29. The van der Waals surface area contributed by atoms with Crippen molar-refractivity contribution < 1.29 is 14.3 Å². The lowest BCUT2D eigenvalue weighted by Gasteiger charge is -2.33. The first-order chi connectivity index (χ1) is 8.02. The van der Waals surface area contributed by atoms with Crippen LogP contribution in [0.15, 0.2) is 18.2 Å². The van der Waals surface area contributed by atoms with E-state index in [1.54, 1.807) is 6.07 Å². The second-order valence-corrected chi connectivity index (χ2v) is 4.73. The number of hydrogen-bond acceptors (Lipinski definition) is 3. The Morgan fingerprint density at radius 2 is 2.24 bits per heavy atom. The second kappa shape index (κ2) is 4.28. The minimum atomic E-state index is -0.455. The summed E-state index contributed by atoms with van der Waals surface area (Å²) in [5, 5.41) is 2.43. The number of carbonyl (C=O) groups is 1. The van der Waals surface area contributed by atoms with Crippen molar-refractivity contribution in [1.82, 2.24) is 5.32 Å². The Hall–Kier alpha value is -1.71. The van der Waals surface area contributed by atoms with Crippen molar-refractivity contribution in [1.29, 1.82) is 0 Å². The molecular formula is C13H17NO3. The van der Waals surface area contributed by atoms with Gasteiger partial charge in [-0.25, -0.2) is 4.79 Å². The molecule has 1 N–H and O–H groups in total. The molecule has 1 amide bonds. The van der Waals surface area contributed by atoms with Crippen molar-refractivity contribution in [2.75, 3.05) is 7.05 Å². The third-order valence-corrected chi connectivity index (χ3v) is 2.86. The van der Waals surface area contributed by atoms with Gasteiger partial charge in [0.2, 0.25) is 0 Å². The second-order valence-electron chi connectivity index (χ2n) is 4.73. The minimum absolute atomic E-state index is 0.154. The molecule has 0 spiro atoms. The highest BCUT2D eigenvalue weighted by Gasteiger charge is 2.28. The van der Waals surface area contributed by atoms with E-state index < -0.39 is 6.09 Å². The molecule has 0 bridgehead atoms. The number of hydrogen-bond donors (Lipinski definition) is 1. The SMILES string of the molecule is CNC(=O)Oc1cccc2c1CCC(C)(C)O2. The van der Waals surface area contributed by atoms with Crippen LogP contribution in [0.2, 0.25) is 0 Å². The lowest BCUT2D eigenvalue weighted by Crippen LogP contribution is -2.33. The summed E-state index contributed by atoms with van der Waals surface area (Å²) in [6, 6.07) is 5.53. The summed E-state index contributed by atoms with van der Waals surface area (Å²) in [7, 11) is 1.54. The van der Waals surface area contributed by atoms with Gasteiger partial charge in [-0.05, 0) is 38.8 Å². The fourth-order valence-corrected chi connectivity index (χ4v) is 1.91.